The van der Waals surface area contributed by atoms with E-state index in [0.29, 0.717) is 22.5 Å². The highest BCUT2D eigenvalue weighted by molar-refractivity contribution is 5.82. The van der Waals surface area contributed by atoms with Gasteiger partial charge in [-0.2, -0.15) is 0 Å². The molecular formula is C17H26O. The maximum Gasteiger partial charge on any atom is 0.136 e. The number of hydrogen-bond acceptors (Lipinski definition) is 1. The Morgan fingerprint density at radius 2 is 2.06 bits per heavy atom. The molecule has 0 aliphatic heterocycles. The van der Waals surface area contributed by atoms with Crippen molar-refractivity contribution in [2.75, 3.05) is 0 Å². The van der Waals surface area contributed by atoms with Gasteiger partial charge in [-0.05, 0) is 61.7 Å². The lowest BCUT2D eigenvalue weighted by molar-refractivity contribution is -0.122. The average Bonchev–Trinajstić information content (AvgIpc) is 2.66. The van der Waals surface area contributed by atoms with Gasteiger partial charge >= 0.3 is 0 Å². The third kappa shape index (κ3) is 1.26. The van der Waals surface area contributed by atoms with Gasteiger partial charge in [0.15, 0.2) is 0 Å². The molecule has 1 nitrogen and oxygen atoms in total. The third-order valence-corrected chi connectivity index (χ3v) is 6.71. The molecule has 2 fully saturated rings. The predicted molar refractivity (Wildman–Crippen MR) is 74.1 cm³/mol. The van der Waals surface area contributed by atoms with E-state index in [1.165, 1.54) is 24.8 Å². The zero-order chi connectivity index (χ0) is 13.3. The first-order valence-corrected chi connectivity index (χ1v) is 7.50. The van der Waals surface area contributed by atoms with Crippen molar-refractivity contribution >= 4 is 5.78 Å². The van der Waals surface area contributed by atoms with Crippen LogP contribution in [0.3, 0.4) is 0 Å². The van der Waals surface area contributed by atoms with Crippen molar-refractivity contribution in [3.63, 3.8) is 0 Å². The van der Waals surface area contributed by atoms with Gasteiger partial charge in [0.25, 0.3) is 0 Å². The van der Waals surface area contributed by atoms with Crippen LogP contribution in [0.15, 0.2) is 11.6 Å². The molecule has 3 aliphatic carbocycles. The van der Waals surface area contributed by atoms with Crippen molar-refractivity contribution in [2.24, 2.45) is 34.5 Å². The zero-order valence-corrected chi connectivity index (χ0v) is 12.4. The number of carbonyl (C=O) groups is 1. The lowest BCUT2D eigenvalue weighted by Gasteiger charge is -2.38. The van der Waals surface area contributed by atoms with Gasteiger partial charge in [-0.3, -0.25) is 4.79 Å². The van der Waals surface area contributed by atoms with Gasteiger partial charge in [0.2, 0.25) is 0 Å². The van der Waals surface area contributed by atoms with Crippen LogP contribution in [0.1, 0.15) is 53.9 Å². The minimum atomic E-state index is 0.190. The van der Waals surface area contributed by atoms with E-state index in [1.54, 1.807) is 6.92 Å². The van der Waals surface area contributed by atoms with Crippen molar-refractivity contribution < 1.29 is 4.79 Å². The predicted octanol–water partition coefficient (Wildman–Crippen LogP) is 4.23. The molecule has 3 aliphatic rings. The Kier molecular flexibility index (Phi) is 2.41. The second-order valence-corrected chi connectivity index (χ2v) is 7.77. The number of rotatable bonds is 1. The van der Waals surface area contributed by atoms with Gasteiger partial charge in [0.05, 0.1) is 0 Å². The first kappa shape index (κ1) is 12.4. The maximum atomic E-state index is 12.0. The Balaban J connectivity index is 2.12. The van der Waals surface area contributed by atoms with Crippen molar-refractivity contribution in [3.05, 3.63) is 11.6 Å². The van der Waals surface area contributed by atoms with Crippen LogP contribution in [0.4, 0.5) is 0 Å². The third-order valence-electron chi connectivity index (χ3n) is 6.71. The fraction of sp³-hybridized carbons (Fsp3) is 0.824. The number of carbonyl (C=O) groups excluding carboxylic acids is 1. The highest BCUT2D eigenvalue weighted by Crippen LogP contribution is 2.72. The van der Waals surface area contributed by atoms with E-state index >= 15 is 0 Å². The molecule has 18 heavy (non-hydrogen) atoms. The summed E-state index contributed by atoms with van der Waals surface area (Å²) >= 11 is 0. The summed E-state index contributed by atoms with van der Waals surface area (Å²) in [5.41, 5.74) is 2.22. The molecule has 0 radical (unpaired) electrons. The minimum absolute atomic E-state index is 0.190. The van der Waals surface area contributed by atoms with Gasteiger partial charge in [-0.15, -0.1) is 0 Å². The molecule has 2 bridgehead atoms. The summed E-state index contributed by atoms with van der Waals surface area (Å²) in [5.74, 6) is 2.77. The highest BCUT2D eigenvalue weighted by atomic mass is 16.1. The molecule has 3 rings (SSSR count). The summed E-state index contributed by atoms with van der Waals surface area (Å²) < 4.78 is 0. The molecule has 2 saturated carbocycles. The van der Waals surface area contributed by atoms with Crippen molar-refractivity contribution in [1.82, 2.24) is 0 Å². The van der Waals surface area contributed by atoms with Crippen LogP contribution in [-0.4, -0.2) is 5.78 Å². The number of fused-ring (bicyclic) bond motifs is 1. The molecule has 1 heteroatoms. The fourth-order valence-corrected chi connectivity index (χ4v) is 5.90. The van der Waals surface area contributed by atoms with E-state index in [1.807, 2.05) is 0 Å². The Hall–Kier alpha value is -0.590. The summed E-state index contributed by atoms with van der Waals surface area (Å²) in [6.07, 6.45) is 6.30. The van der Waals surface area contributed by atoms with Gasteiger partial charge in [0, 0.05) is 5.92 Å². The Morgan fingerprint density at radius 1 is 1.39 bits per heavy atom. The standard InChI is InChI=1S/C17H26O/c1-10-6-7-17-9-14(10)16(4,5)15(17)13(12(3)18)8-11(17)2/h8,10,13-15H,6-7,9H2,1-5H3. The Bertz CT molecular complexity index is 431. The van der Waals surface area contributed by atoms with Crippen LogP contribution in [0.25, 0.3) is 0 Å². The van der Waals surface area contributed by atoms with Crippen LogP contribution in [0, 0.1) is 34.5 Å². The van der Waals surface area contributed by atoms with Crippen LogP contribution >= 0.6 is 0 Å². The minimum Gasteiger partial charge on any atom is -0.299 e. The molecule has 5 atom stereocenters. The van der Waals surface area contributed by atoms with Crippen molar-refractivity contribution in [2.45, 2.75) is 53.9 Å². The largest absolute Gasteiger partial charge is 0.299 e. The van der Waals surface area contributed by atoms with Crippen LogP contribution in [0.5, 0.6) is 0 Å². The van der Waals surface area contributed by atoms with E-state index < -0.39 is 0 Å². The first-order valence-electron chi connectivity index (χ1n) is 7.50. The smallest absolute Gasteiger partial charge is 0.136 e. The van der Waals surface area contributed by atoms with Crippen LogP contribution in [-0.2, 0) is 4.79 Å². The summed E-state index contributed by atoms with van der Waals surface area (Å²) in [5, 5.41) is 0. The summed E-state index contributed by atoms with van der Waals surface area (Å²) in [6.45, 7) is 11.3. The SMILES string of the molecule is CC(=O)C1C=C(C)C23CCC(C)C(C2)C(C)(C)C13. The molecule has 0 aromatic carbocycles. The van der Waals surface area contributed by atoms with Gasteiger partial charge < -0.3 is 0 Å². The van der Waals surface area contributed by atoms with Crippen LogP contribution < -0.4 is 0 Å². The number of allylic oxidation sites excluding steroid dienone is 2. The summed E-state index contributed by atoms with van der Waals surface area (Å²) in [6, 6.07) is 0. The second kappa shape index (κ2) is 3.49. The van der Waals surface area contributed by atoms with Gasteiger partial charge in [-0.1, -0.05) is 32.4 Å². The molecule has 5 unspecified atom stereocenters. The van der Waals surface area contributed by atoms with E-state index in [-0.39, 0.29) is 5.92 Å². The normalized spacial score (nSPS) is 48.8. The summed E-state index contributed by atoms with van der Waals surface area (Å²) in [4.78, 5) is 12.0. The molecule has 100 valence electrons. The Labute approximate surface area is 111 Å². The first-order chi connectivity index (χ1) is 8.30. The maximum absolute atomic E-state index is 12.0. The molecule has 0 aromatic rings. The van der Waals surface area contributed by atoms with Crippen LogP contribution in [0.2, 0.25) is 0 Å². The summed E-state index contributed by atoms with van der Waals surface area (Å²) in [7, 11) is 0. The lowest BCUT2D eigenvalue weighted by atomic mass is 9.65. The number of Topliss-reactive ketones (excluding diaryl/α,β-unsaturated/α-hetero) is 1. The lowest BCUT2D eigenvalue weighted by Crippen LogP contribution is -2.36. The van der Waals surface area contributed by atoms with Crippen molar-refractivity contribution in [1.29, 1.82) is 0 Å². The molecular weight excluding hydrogens is 220 g/mol. The number of ketones is 1. The second-order valence-electron chi connectivity index (χ2n) is 7.77. The van der Waals surface area contributed by atoms with Gasteiger partial charge in [-0.25, -0.2) is 0 Å². The van der Waals surface area contributed by atoms with E-state index in [4.69, 9.17) is 0 Å². The topological polar surface area (TPSA) is 17.1 Å². The molecule has 0 aromatic heterocycles. The average molecular weight is 246 g/mol. The molecule has 0 saturated heterocycles. The van der Waals surface area contributed by atoms with E-state index in [9.17, 15) is 4.79 Å². The highest BCUT2D eigenvalue weighted by Gasteiger charge is 2.65. The molecule has 0 amide bonds. The molecule has 1 spiro atoms. The monoisotopic (exact) mass is 246 g/mol. The fourth-order valence-electron chi connectivity index (χ4n) is 5.90. The van der Waals surface area contributed by atoms with Crippen molar-refractivity contribution in [3.8, 4) is 0 Å². The molecule has 0 heterocycles. The Morgan fingerprint density at radius 3 is 2.67 bits per heavy atom. The van der Waals surface area contributed by atoms with E-state index in [2.05, 4.69) is 33.8 Å². The quantitative estimate of drug-likeness (QED) is 0.633. The number of hydrogen-bond donors (Lipinski definition) is 0. The van der Waals surface area contributed by atoms with Gasteiger partial charge in [0.1, 0.15) is 5.78 Å². The van der Waals surface area contributed by atoms with E-state index in [0.717, 1.165) is 11.8 Å². The molecule has 0 N–H and O–H groups in total. The zero-order valence-electron chi connectivity index (χ0n) is 12.4.